The topological polar surface area (TPSA) is 82.5 Å². The monoisotopic (exact) mass is 489 g/mol. The summed E-state index contributed by atoms with van der Waals surface area (Å²) in [7, 11) is 3.23. The standard InChI is InChI=1S/C27H27N3O4S/c1-18(25(31)28-16-19-8-12-21(33-2)13-9-19)35-27-29-24-7-5-4-6-23(24)26(32)30(27)17-20-10-14-22(34-3)15-11-20/h4-15,18H,16-17H2,1-3H3,(H,28,31). The lowest BCUT2D eigenvalue weighted by molar-refractivity contribution is -0.120. The SMILES string of the molecule is COc1ccc(CNC(=O)C(C)Sc2nc3ccccc3c(=O)n2Cc2ccc(OC)cc2)cc1. The van der Waals surface area contributed by atoms with Gasteiger partial charge < -0.3 is 14.8 Å². The van der Waals surface area contributed by atoms with Gasteiger partial charge in [-0.25, -0.2) is 4.98 Å². The van der Waals surface area contributed by atoms with Crippen molar-refractivity contribution < 1.29 is 14.3 Å². The Labute approximate surface area is 208 Å². The smallest absolute Gasteiger partial charge is 0.262 e. The summed E-state index contributed by atoms with van der Waals surface area (Å²) < 4.78 is 12.0. The molecule has 0 radical (unpaired) electrons. The van der Waals surface area contributed by atoms with Crippen LogP contribution in [0.5, 0.6) is 11.5 Å². The third-order valence-electron chi connectivity index (χ3n) is 5.60. The van der Waals surface area contributed by atoms with E-state index in [1.165, 1.54) is 11.8 Å². The van der Waals surface area contributed by atoms with Crippen molar-refractivity contribution in [2.75, 3.05) is 14.2 Å². The van der Waals surface area contributed by atoms with Crippen LogP contribution in [0, 0.1) is 0 Å². The van der Waals surface area contributed by atoms with Gasteiger partial charge in [-0.1, -0.05) is 48.2 Å². The number of rotatable bonds is 9. The Bertz CT molecular complexity index is 1370. The van der Waals surface area contributed by atoms with E-state index in [9.17, 15) is 9.59 Å². The molecule has 0 aliphatic rings. The van der Waals surface area contributed by atoms with Gasteiger partial charge in [0.25, 0.3) is 5.56 Å². The average Bonchev–Trinajstić information content (AvgIpc) is 2.90. The minimum absolute atomic E-state index is 0.135. The highest BCUT2D eigenvalue weighted by atomic mass is 32.2. The van der Waals surface area contributed by atoms with Crippen LogP contribution in [0.2, 0.25) is 0 Å². The first-order valence-electron chi connectivity index (χ1n) is 11.2. The molecular formula is C27H27N3O4S. The van der Waals surface area contributed by atoms with Crippen LogP contribution in [-0.2, 0) is 17.9 Å². The van der Waals surface area contributed by atoms with Crippen LogP contribution >= 0.6 is 11.8 Å². The molecule has 35 heavy (non-hydrogen) atoms. The number of nitrogens with one attached hydrogen (secondary N) is 1. The van der Waals surface area contributed by atoms with Crippen LogP contribution in [-0.4, -0.2) is 34.9 Å². The second kappa shape index (κ2) is 11.1. The largest absolute Gasteiger partial charge is 0.497 e. The summed E-state index contributed by atoms with van der Waals surface area (Å²) in [5.74, 6) is 1.37. The molecule has 1 amide bonds. The highest BCUT2D eigenvalue weighted by Crippen LogP contribution is 2.24. The number of methoxy groups -OCH3 is 2. The van der Waals surface area contributed by atoms with Crippen molar-refractivity contribution in [1.29, 1.82) is 0 Å². The molecule has 0 aliphatic heterocycles. The van der Waals surface area contributed by atoms with Crippen molar-refractivity contribution in [3.63, 3.8) is 0 Å². The average molecular weight is 490 g/mol. The summed E-state index contributed by atoms with van der Waals surface area (Å²) in [6, 6.07) is 22.3. The van der Waals surface area contributed by atoms with Gasteiger partial charge in [0, 0.05) is 6.54 Å². The summed E-state index contributed by atoms with van der Waals surface area (Å²) in [4.78, 5) is 30.9. The zero-order valence-corrected chi connectivity index (χ0v) is 20.7. The Hall–Kier alpha value is -3.78. The molecule has 1 aromatic heterocycles. The number of para-hydroxylation sites is 1. The number of ether oxygens (including phenoxy) is 2. The normalized spacial score (nSPS) is 11.7. The summed E-state index contributed by atoms with van der Waals surface area (Å²) in [5.41, 5.74) is 2.37. The van der Waals surface area contributed by atoms with E-state index < -0.39 is 5.25 Å². The second-order valence-electron chi connectivity index (χ2n) is 7.98. The third-order valence-corrected chi connectivity index (χ3v) is 6.69. The number of hydrogen-bond donors (Lipinski definition) is 1. The molecule has 1 N–H and O–H groups in total. The predicted molar refractivity (Wildman–Crippen MR) is 138 cm³/mol. The lowest BCUT2D eigenvalue weighted by Crippen LogP contribution is -2.31. The molecule has 0 fully saturated rings. The maximum atomic E-state index is 13.4. The lowest BCUT2D eigenvalue weighted by Gasteiger charge is -2.17. The molecule has 0 aliphatic carbocycles. The van der Waals surface area contributed by atoms with E-state index in [0.29, 0.717) is 29.1 Å². The molecule has 4 rings (SSSR count). The van der Waals surface area contributed by atoms with Gasteiger partial charge in [-0.2, -0.15) is 0 Å². The molecule has 0 saturated heterocycles. The maximum Gasteiger partial charge on any atom is 0.262 e. The Morgan fingerprint density at radius 3 is 2.17 bits per heavy atom. The number of benzene rings is 3. The maximum absolute atomic E-state index is 13.4. The Balaban J connectivity index is 1.55. The van der Waals surface area contributed by atoms with Gasteiger partial charge in [0.2, 0.25) is 5.91 Å². The van der Waals surface area contributed by atoms with Crippen molar-refractivity contribution in [1.82, 2.24) is 14.9 Å². The fourth-order valence-electron chi connectivity index (χ4n) is 3.58. The highest BCUT2D eigenvalue weighted by Gasteiger charge is 2.19. The van der Waals surface area contributed by atoms with Gasteiger partial charge >= 0.3 is 0 Å². The Morgan fingerprint density at radius 2 is 1.54 bits per heavy atom. The molecular weight excluding hydrogens is 462 g/mol. The van der Waals surface area contributed by atoms with Gasteiger partial charge in [-0.3, -0.25) is 14.2 Å². The van der Waals surface area contributed by atoms with Crippen LogP contribution in [0.25, 0.3) is 10.9 Å². The van der Waals surface area contributed by atoms with Crippen molar-refractivity contribution in [3.05, 3.63) is 94.3 Å². The molecule has 4 aromatic rings. The van der Waals surface area contributed by atoms with E-state index in [1.54, 1.807) is 24.9 Å². The van der Waals surface area contributed by atoms with E-state index in [-0.39, 0.29) is 11.5 Å². The van der Waals surface area contributed by atoms with Crippen LogP contribution in [0.4, 0.5) is 0 Å². The summed E-state index contributed by atoms with van der Waals surface area (Å²) in [6.07, 6.45) is 0. The van der Waals surface area contributed by atoms with Crippen molar-refractivity contribution in [2.45, 2.75) is 30.4 Å². The van der Waals surface area contributed by atoms with Gasteiger partial charge in [-0.15, -0.1) is 0 Å². The number of hydrogen-bond acceptors (Lipinski definition) is 6. The lowest BCUT2D eigenvalue weighted by atomic mass is 10.2. The molecule has 180 valence electrons. The quantitative estimate of drug-likeness (QED) is 0.279. The van der Waals surface area contributed by atoms with E-state index in [1.807, 2.05) is 73.7 Å². The fourth-order valence-corrected chi connectivity index (χ4v) is 4.51. The second-order valence-corrected chi connectivity index (χ2v) is 9.28. The number of carbonyl (C=O) groups is 1. The first-order valence-corrected chi connectivity index (χ1v) is 12.1. The Morgan fingerprint density at radius 1 is 0.943 bits per heavy atom. The molecule has 1 unspecified atom stereocenters. The number of carbonyl (C=O) groups excluding carboxylic acids is 1. The van der Waals surface area contributed by atoms with Crippen LogP contribution in [0.3, 0.4) is 0 Å². The van der Waals surface area contributed by atoms with E-state index in [4.69, 9.17) is 14.5 Å². The molecule has 8 heteroatoms. The third kappa shape index (κ3) is 5.84. The minimum atomic E-state index is -0.455. The summed E-state index contributed by atoms with van der Waals surface area (Å²) in [6.45, 7) is 2.55. The first-order chi connectivity index (χ1) is 17.0. The molecule has 0 saturated carbocycles. The van der Waals surface area contributed by atoms with Crippen LogP contribution in [0.15, 0.2) is 82.7 Å². The molecule has 3 aromatic carbocycles. The van der Waals surface area contributed by atoms with Crippen molar-refractivity contribution in [2.24, 2.45) is 0 Å². The van der Waals surface area contributed by atoms with E-state index in [2.05, 4.69) is 5.32 Å². The first kappa shape index (κ1) is 24.3. The van der Waals surface area contributed by atoms with Gasteiger partial charge in [0.1, 0.15) is 11.5 Å². The van der Waals surface area contributed by atoms with Gasteiger partial charge in [0.15, 0.2) is 5.16 Å². The zero-order chi connectivity index (χ0) is 24.8. The van der Waals surface area contributed by atoms with Crippen molar-refractivity contribution in [3.8, 4) is 11.5 Å². The number of thioether (sulfide) groups is 1. The number of aromatic nitrogens is 2. The number of amides is 1. The Kier molecular flexibility index (Phi) is 7.72. The molecule has 1 heterocycles. The van der Waals surface area contributed by atoms with Crippen LogP contribution in [0.1, 0.15) is 18.1 Å². The van der Waals surface area contributed by atoms with Crippen LogP contribution < -0.4 is 20.3 Å². The van der Waals surface area contributed by atoms with Gasteiger partial charge in [0.05, 0.1) is 36.9 Å². The number of nitrogens with zero attached hydrogens (tertiary/aromatic N) is 2. The minimum Gasteiger partial charge on any atom is -0.497 e. The molecule has 0 spiro atoms. The van der Waals surface area contributed by atoms with E-state index in [0.717, 1.165) is 22.6 Å². The van der Waals surface area contributed by atoms with Crippen molar-refractivity contribution >= 4 is 28.6 Å². The molecule has 0 bridgehead atoms. The molecule has 7 nitrogen and oxygen atoms in total. The molecule has 1 atom stereocenters. The fraction of sp³-hybridized carbons (Fsp3) is 0.222. The number of fused-ring (bicyclic) bond motifs is 1. The summed E-state index contributed by atoms with van der Waals surface area (Å²) in [5, 5.41) is 3.55. The van der Waals surface area contributed by atoms with E-state index >= 15 is 0 Å². The highest BCUT2D eigenvalue weighted by molar-refractivity contribution is 8.00. The zero-order valence-electron chi connectivity index (χ0n) is 19.9. The van der Waals surface area contributed by atoms with Gasteiger partial charge in [-0.05, 0) is 54.4 Å². The summed E-state index contributed by atoms with van der Waals surface area (Å²) >= 11 is 1.27. The predicted octanol–water partition coefficient (Wildman–Crippen LogP) is 4.26.